The van der Waals surface area contributed by atoms with Gasteiger partial charge in [-0.3, -0.25) is 9.35 Å². The molecule has 6 nitrogen and oxygen atoms in total. The summed E-state index contributed by atoms with van der Waals surface area (Å²) in [5.74, 6) is -0.767. The van der Waals surface area contributed by atoms with Gasteiger partial charge in [-0.25, -0.2) is 0 Å². The molecule has 1 atom stereocenters. The van der Waals surface area contributed by atoms with Crippen LogP contribution in [0.3, 0.4) is 0 Å². The minimum absolute atomic E-state index is 0. The van der Waals surface area contributed by atoms with Gasteiger partial charge in [-0.15, -0.1) is 0 Å². The molecule has 1 unspecified atom stereocenters. The maximum atomic E-state index is 11.8. The van der Waals surface area contributed by atoms with Crippen molar-refractivity contribution in [2.45, 2.75) is 12.2 Å². The first-order valence-electron chi connectivity index (χ1n) is 4.81. The number of nitrogens with zero attached hydrogens (tertiary/aromatic N) is 2. The SMILES string of the molecule is CC1=NN(c2ccccc2)C(=O)C1S(=O)(=O)O.[NaH]. The van der Waals surface area contributed by atoms with Gasteiger partial charge in [0.1, 0.15) is 0 Å². The number of amides is 1. The number of hydrogen-bond donors (Lipinski definition) is 1. The summed E-state index contributed by atoms with van der Waals surface area (Å²) in [6.07, 6.45) is 0. The maximum absolute atomic E-state index is 11.8. The Bertz CT molecular complexity index is 585. The summed E-state index contributed by atoms with van der Waals surface area (Å²) in [5.41, 5.74) is 0.518. The van der Waals surface area contributed by atoms with Crippen LogP contribution in [-0.2, 0) is 14.9 Å². The van der Waals surface area contributed by atoms with Gasteiger partial charge in [-0.2, -0.15) is 18.5 Å². The normalized spacial score (nSPS) is 19.4. The van der Waals surface area contributed by atoms with E-state index >= 15 is 0 Å². The van der Waals surface area contributed by atoms with Gasteiger partial charge < -0.3 is 0 Å². The van der Waals surface area contributed by atoms with Crippen molar-refractivity contribution in [3.8, 4) is 0 Å². The molecule has 0 bridgehead atoms. The number of para-hydroxylation sites is 1. The van der Waals surface area contributed by atoms with Crippen molar-refractivity contribution < 1.29 is 17.8 Å². The van der Waals surface area contributed by atoms with Gasteiger partial charge in [0.15, 0.2) is 0 Å². The molecule has 8 heteroatoms. The predicted octanol–water partition coefficient (Wildman–Crippen LogP) is 0.0170. The molecule has 1 aliphatic heterocycles. The van der Waals surface area contributed by atoms with Crippen LogP contribution in [0, 0.1) is 0 Å². The van der Waals surface area contributed by atoms with E-state index in [0.29, 0.717) is 5.69 Å². The van der Waals surface area contributed by atoms with Gasteiger partial charge in [0.05, 0.1) is 11.4 Å². The van der Waals surface area contributed by atoms with Crippen LogP contribution in [0.25, 0.3) is 0 Å². The summed E-state index contributed by atoms with van der Waals surface area (Å²) < 4.78 is 31.1. The van der Waals surface area contributed by atoms with E-state index in [-0.39, 0.29) is 35.3 Å². The topological polar surface area (TPSA) is 87.0 Å². The zero-order valence-corrected chi connectivity index (χ0v) is 9.76. The molecule has 18 heavy (non-hydrogen) atoms. The van der Waals surface area contributed by atoms with Gasteiger partial charge in [0.25, 0.3) is 16.0 Å². The zero-order chi connectivity index (χ0) is 12.6. The molecule has 0 saturated carbocycles. The van der Waals surface area contributed by atoms with E-state index in [4.69, 9.17) is 4.55 Å². The van der Waals surface area contributed by atoms with Crippen LogP contribution in [-0.4, -0.2) is 59.4 Å². The number of carbonyl (C=O) groups excluding carboxylic acids is 1. The molecular formula is C10H11N2NaO4S. The summed E-state index contributed by atoms with van der Waals surface area (Å²) >= 11 is 0. The van der Waals surface area contributed by atoms with E-state index in [0.717, 1.165) is 5.01 Å². The van der Waals surface area contributed by atoms with Crippen molar-refractivity contribution in [1.82, 2.24) is 0 Å². The standard InChI is InChI=1S/C10H10N2O4S.Na.H/c1-7-9(17(14,15)16)10(13)12(11-7)8-5-3-2-4-6-8;;/h2-6,9H,1H3,(H,14,15,16);;. The predicted molar refractivity (Wildman–Crippen MR) is 69.5 cm³/mol. The Hall–Kier alpha value is -0.730. The third-order valence-corrected chi connectivity index (χ3v) is 3.51. The molecule has 1 aliphatic rings. The summed E-state index contributed by atoms with van der Waals surface area (Å²) in [6.45, 7) is 1.39. The molecule has 1 heterocycles. The molecule has 1 aromatic rings. The Morgan fingerprint density at radius 2 is 1.83 bits per heavy atom. The average Bonchev–Trinajstić information content (AvgIpc) is 2.54. The van der Waals surface area contributed by atoms with Crippen molar-refractivity contribution in [3.63, 3.8) is 0 Å². The second kappa shape index (κ2) is 5.50. The molecule has 0 fully saturated rings. The molecule has 0 radical (unpaired) electrons. The van der Waals surface area contributed by atoms with Crippen LogP contribution in [0.1, 0.15) is 6.92 Å². The van der Waals surface area contributed by atoms with Gasteiger partial charge in [0.2, 0.25) is 5.25 Å². The van der Waals surface area contributed by atoms with Crippen LogP contribution >= 0.6 is 0 Å². The molecule has 0 saturated heterocycles. The Morgan fingerprint density at radius 3 is 2.28 bits per heavy atom. The fraction of sp³-hybridized carbons (Fsp3) is 0.200. The molecule has 0 aromatic heterocycles. The monoisotopic (exact) mass is 278 g/mol. The van der Waals surface area contributed by atoms with Crippen LogP contribution in [0.5, 0.6) is 0 Å². The first kappa shape index (κ1) is 15.3. The number of anilines is 1. The Balaban J connectivity index is 0.00000162. The second-order valence-corrected chi connectivity index (χ2v) is 5.12. The average molecular weight is 278 g/mol. The summed E-state index contributed by atoms with van der Waals surface area (Å²) in [5, 5.41) is 3.23. The Kier molecular flexibility index (Phi) is 4.68. The van der Waals surface area contributed by atoms with Crippen molar-refractivity contribution in [1.29, 1.82) is 0 Å². The first-order valence-corrected chi connectivity index (χ1v) is 6.32. The van der Waals surface area contributed by atoms with Crippen LogP contribution in [0.4, 0.5) is 5.69 Å². The van der Waals surface area contributed by atoms with Gasteiger partial charge in [-0.05, 0) is 19.1 Å². The Labute approximate surface area is 127 Å². The Morgan fingerprint density at radius 1 is 1.28 bits per heavy atom. The van der Waals surface area contributed by atoms with Crippen molar-refractivity contribution in [2.75, 3.05) is 5.01 Å². The number of hydrazone groups is 1. The third kappa shape index (κ3) is 2.81. The minimum atomic E-state index is -4.46. The van der Waals surface area contributed by atoms with E-state index in [1.807, 2.05) is 0 Å². The molecule has 92 valence electrons. The molecule has 1 N–H and O–H groups in total. The molecule has 0 spiro atoms. The number of carbonyl (C=O) groups is 1. The van der Waals surface area contributed by atoms with Gasteiger partial charge in [0, 0.05) is 0 Å². The van der Waals surface area contributed by atoms with Crippen molar-refractivity contribution in [3.05, 3.63) is 30.3 Å². The van der Waals surface area contributed by atoms with Crippen molar-refractivity contribution >= 4 is 57.0 Å². The summed E-state index contributed by atoms with van der Waals surface area (Å²) in [6, 6.07) is 8.42. The van der Waals surface area contributed by atoms with E-state index < -0.39 is 21.3 Å². The van der Waals surface area contributed by atoms with Crippen LogP contribution < -0.4 is 5.01 Å². The van der Waals surface area contributed by atoms with E-state index in [1.165, 1.54) is 6.92 Å². The fourth-order valence-electron chi connectivity index (χ4n) is 1.65. The number of benzene rings is 1. The van der Waals surface area contributed by atoms with Crippen LogP contribution in [0.15, 0.2) is 35.4 Å². The molecule has 2 rings (SSSR count). The first-order chi connectivity index (χ1) is 7.91. The molecular weight excluding hydrogens is 267 g/mol. The van der Waals surface area contributed by atoms with E-state index in [1.54, 1.807) is 30.3 Å². The molecule has 0 aliphatic carbocycles. The summed E-state index contributed by atoms with van der Waals surface area (Å²) in [4.78, 5) is 11.8. The van der Waals surface area contributed by atoms with E-state index in [9.17, 15) is 13.2 Å². The van der Waals surface area contributed by atoms with Crippen molar-refractivity contribution in [2.24, 2.45) is 5.10 Å². The van der Waals surface area contributed by atoms with Gasteiger partial charge in [-0.1, -0.05) is 18.2 Å². The number of rotatable bonds is 2. The number of hydrogen-bond acceptors (Lipinski definition) is 4. The quantitative estimate of drug-likeness (QED) is 0.610. The third-order valence-electron chi connectivity index (χ3n) is 2.37. The fourth-order valence-corrected chi connectivity index (χ4v) is 2.48. The van der Waals surface area contributed by atoms with Gasteiger partial charge >= 0.3 is 29.6 Å². The zero-order valence-electron chi connectivity index (χ0n) is 8.94. The second-order valence-electron chi connectivity index (χ2n) is 3.62. The summed E-state index contributed by atoms with van der Waals surface area (Å²) in [7, 11) is -4.46. The van der Waals surface area contributed by atoms with E-state index in [2.05, 4.69) is 5.10 Å². The van der Waals surface area contributed by atoms with Crippen LogP contribution in [0.2, 0.25) is 0 Å². The molecule has 1 amide bonds. The molecule has 1 aromatic carbocycles.